The van der Waals surface area contributed by atoms with Crippen molar-refractivity contribution in [2.75, 3.05) is 13.1 Å². The molecule has 1 aromatic carbocycles. The van der Waals surface area contributed by atoms with Crippen molar-refractivity contribution in [3.8, 4) is 11.5 Å². The maximum absolute atomic E-state index is 13.2. The van der Waals surface area contributed by atoms with Gasteiger partial charge in [0.15, 0.2) is 11.5 Å². The molecule has 35 heavy (non-hydrogen) atoms. The summed E-state index contributed by atoms with van der Waals surface area (Å²) in [6.07, 6.45) is 0.428. The fourth-order valence-electron chi connectivity index (χ4n) is 6.98. The first kappa shape index (κ1) is 23.5. The van der Waals surface area contributed by atoms with Gasteiger partial charge < -0.3 is 14.6 Å². The predicted molar refractivity (Wildman–Crippen MR) is 114 cm³/mol. The number of carbonyl (C=O) groups is 1. The minimum Gasteiger partial charge on any atom is -0.482 e. The molecule has 192 valence electrons. The van der Waals surface area contributed by atoms with Crippen molar-refractivity contribution < 1.29 is 45.1 Å². The maximum Gasteiger partial charge on any atom is 0.523 e. The maximum atomic E-state index is 13.2. The van der Waals surface area contributed by atoms with Gasteiger partial charge in [0.1, 0.15) is 12.2 Å². The lowest BCUT2D eigenvalue weighted by atomic mass is 9.48. The molecule has 0 radical (unpaired) electrons. The summed E-state index contributed by atoms with van der Waals surface area (Å²) in [7, 11) is -5.89. The van der Waals surface area contributed by atoms with Crippen LogP contribution >= 0.6 is 0 Å². The van der Waals surface area contributed by atoms with Crippen LogP contribution in [-0.2, 0) is 30.9 Å². The summed E-state index contributed by atoms with van der Waals surface area (Å²) in [6.45, 7) is 2.64. The molecule has 0 unspecified atom stereocenters. The molecule has 0 amide bonds. The number of hydrogen-bond acceptors (Lipinski definition) is 8. The van der Waals surface area contributed by atoms with Crippen molar-refractivity contribution in [2.24, 2.45) is 5.92 Å². The highest BCUT2D eigenvalue weighted by Gasteiger charge is 2.74. The Balaban J connectivity index is 1.48. The van der Waals surface area contributed by atoms with Crippen LogP contribution in [0.2, 0.25) is 0 Å². The molecule has 1 saturated heterocycles. The lowest BCUT2D eigenvalue weighted by Gasteiger charge is -2.64. The highest BCUT2D eigenvalue weighted by molar-refractivity contribution is 7.87. The smallest absolute Gasteiger partial charge is 0.482 e. The fraction of sp³-hybridized carbons (Fsp3) is 0.696. The molecule has 12 heteroatoms. The SMILES string of the molecule is CC(=O)Oc1ccc2c3c1O[C@H]1[C@@H](OS(=O)(=O)C(F)(F)F)CC[C@@]4(O)[C@@H](C2)N(CC2CC2)CC[C@]314. The quantitative estimate of drug-likeness (QED) is 0.275. The average Bonchev–Trinajstić information content (AvgIpc) is 3.49. The van der Waals surface area contributed by atoms with Gasteiger partial charge in [0.2, 0.25) is 0 Å². The first-order valence-electron chi connectivity index (χ1n) is 11.8. The third-order valence-electron chi connectivity index (χ3n) is 8.48. The van der Waals surface area contributed by atoms with Crippen molar-refractivity contribution in [3.63, 3.8) is 0 Å². The second kappa shape index (κ2) is 7.33. The minimum atomic E-state index is -5.89. The van der Waals surface area contributed by atoms with Crippen molar-refractivity contribution in [2.45, 2.75) is 80.2 Å². The Bertz CT molecular complexity index is 1200. The Morgan fingerprint density at radius 1 is 1.26 bits per heavy atom. The second-order valence-corrected chi connectivity index (χ2v) is 12.0. The van der Waals surface area contributed by atoms with E-state index in [9.17, 15) is 31.5 Å². The molecule has 6 rings (SSSR count). The number of rotatable bonds is 5. The van der Waals surface area contributed by atoms with Gasteiger partial charge in [-0.05, 0) is 62.6 Å². The van der Waals surface area contributed by atoms with E-state index in [1.54, 1.807) is 12.1 Å². The standard InChI is InChI=1S/C23H26F3NO7S/c1-12(28)32-15-5-4-14-10-17-22(29)7-6-16(34-35(30,31)23(24,25)26)20-21(22,18(14)19(15)33-20)8-9-27(17)11-13-2-3-13/h4-5,13,16-17,20,29H,2-3,6-11H2,1H3/t16-,17+,20-,21-,22+/m0/s1. The summed E-state index contributed by atoms with van der Waals surface area (Å²) in [4.78, 5) is 14.0. The summed E-state index contributed by atoms with van der Waals surface area (Å²) in [5, 5.41) is 12.3. The highest BCUT2D eigenvalue weighted by Crippen LogP contribution is 2.66. The zero-order valence-corrected chi connectivity index (χ0v) is 19.8. The van der Waals surface area contributed by atoms with Gasteiger partial charge in [-0.2, -0.15) is 21.6 Å². The van der Waals surface area contributed by atoms with E-state index in [1.165, 1.54) is 6.92 Å². The zero-order valence-electron chi connectivity index (χ0n) is 19.0. The van der Waals surface area contributed by atoms with E-state index in [4.69, 9.17) is 13.7 Å². The van der Waals surface area contributed by atoms with Crippen molar-refractivity contribution in [3.05, 3.63) is 23.3 Å². The molecule has 5 atom stereocenters. The van der Waals surface area contributed by atoms with Crippen LogP contribution in [0.5, 0.6) is 11.5 Å². The van der Waals surface area contributed by atoms with Gasteiger partial charge in [-0.25, -0.2) is 0 Å². The summed E-state index contributed by atoms with van der Waals surface area (Å²) in [5.41, 5.74) is -6.67. The Morgan fingerprint density at radius 3 is 2.66 bits per heavy atom. The van der Waals surface area contributed by atoms with Crippen LogP contribution in [0, 0.1) is 5.92 Å². The van der Waals surface area contributed by atoms with E-state index in [0.717, 1.165) is 24.9 Å². The molecule has 1 spiro atoms. The number of likely N-dealkylation sites (tertiary alicyclic amines) is 1. The first-order chi connectivity index (χ1) is 16.4. The summed E-state index contributed by atoms with van der Waals surface area (Å²) in [5.74, 6) is 0.241. The van der Waals surface area contributed by atoms with Crippen molar-refractivity contribution >= 4 is 16.1 Å². The number of esters is 1. The van der Waals surface area contributed by atoms with E-state index in [1.807, 2.05) is 0 Å². The van der Waals surface area contributed by atoms with Gasteiger partial charge in [0.05, 0.1) is 11.0 Å². The molecular weight excluding hydrogens is 491 g/mol. The molecule has 8 nitrogen and oxygen atoms in total. The van der Waals surface area contributed by atoms with Crippen molar-refractivity contribution in [1.29, 1.82) is 0 Å². The Labute approximate surface area is 200 Å². The zero-order chi connectivity index (χ0) is 25.0. The Morgan fingerprint density at radius 2 is 2.00 bits per heavy atom. The van der Waals surface area contributed by atoms with E-state index in [2.05, 4.69) is 4.90 Å². The number of carbonyl (C=O) groups excluding carboxylic acids is 1. The number of piperidine rings is 1. The van der Waals surface area contributed by atoms with Crippen molar-refractivity contribution in [1.82, 2.24) is 4.90 Å². The van der Waals surface area contributed by atoms with Gasteiger partial charge in [-0.1, -0.05) is 6.07 Å². The minimum absolute atomic E-state index is 0.0629. The fourth-order valence-corrected chi connectivity index (χ4v) is 7.61. The lowest BCUT2D eigenvalue weighted by Crippen LogP contribution is -2.77. The van der Waals surface area contributed by atoms with Crippen LogP contribution in [0.25, 0.3) is 0 Å². The molecule has 2 heterocycles. The number of nitrogens with zero attached hydrogens (tertiary/aromatic N) is 1. The number of benzene rings is 1. The van der Waals surface area contributed by atoms with Gasteiger partial charge in [-0.3, -0.25) is 13.9 Å². The Kier molecular flexibility index (Phi) is 4.92. The third kappa shape index (κ3) is 3.22. The molecule has 3 fully saturated rings. The van der Waals surface area contributed by atoms with E-state index in [-0.39, 0.29) is 30.4 Å². The Hall–Kier alpha value is -1.89. The number of alkyl halides is 3. The van der Waals surface area contributed by atoms with Crippen LogP contribution in [0.4, 0.5) is 13.2 Å². The predicted octanol–water partition coefficient (Wildman–Crippen LogP) is 2.41. The molecule has 1 aromatic rings. The first-order valence-corrected chi connectivity index (χ1v) is 13.3. The summed E-state index contributed by atoms with van der Waals surface area (Å²) < 4.78 is 79.7. The number of halogens is 3. The molecule has 0 aromatic heterocycles. The normalized spacial score (nSPS) is 35.9. The number of hydrogen-bond donors (Lipinski definition) is 1. The largest absolute Gasteiger partial charge is 0.523 e. The van der Waals surface area contributed by atoms with Crippen LogP contribution in [0.15, 0.2) is 12.1 Å². The van der Waals surface area contributed by atoms with E-state index >= 15 is 0 Å². The van der Waals surface area contributed by atoms with Gasteiger partial charge >= 0.3 is 21.6 Å². The highest BCUT2D eigenvalue weighted by atomic mass is 32.2. The molecular formula is C23H26F3NO7S. The molecule has 5 aliphatic rings. The van der Waals surface area contributed by atoms with Gasteiger partial charge in [-0.15, -0.1) is 0 Å². The average molecular weight is 518 g/mol. The van der Waals surface area contributed by atoms with Crippen LogP contribution in [0.1, 0.15) is 50.2 Å². The van der Waals surface area contributed by atoms with E-state index in [0.29, 0.717) is 30.9 Å². The monoisotopic (exact) mass is 517 g/mol. The van der Waals surface area contributed by atoms with Gasteiger partial charge in [0.25, 0.3) is 0 Å². The van der Waals surface area contributed by atoms with E-state index < -0.39 is 44.8 Å². The summed E-state index contributed by atoms with van der Waals surface area (Å²) in [6, 6.07) is 3.09. The molecule has 3 aliphatic carbocycles. The third-order valence-corrected chi connectivity index (χ3v) is 9.55. The lowest BCUT2D eigenvalue weighted by molar-refractivity contribution is -0.205. The molecule has 2 saturated carbocycles. The molecule has 2 aliphatic heterocycles. The topological polar surface area (TPSA) is 102 Å². The van der Waals surface area contributed by atoms with Crippen LogP contribution < -0.4 is 9.47 Å². The molecule has 2 bridgehead atoms. The van der Waals surface area contributed by atoms with Crippen LogP contribution in [0.3, 0.4) is 0 Å². The number of aliphatic hydroxyl groups is 1. The summed E-state index contributed by atoms with van der Waals surface area (Å²) >= 11 is 0. The molecule has 1 N–H and O–H groups in total. The number of ether oxygens (including phenoxy) is 2. The second-order valence-electron chi connectivity index (χ2n) is 10.4. The van der Waals surface area contributed by atoms with Crippen LogP contribution in [-0.4, -0.2) is 66.8 Å². The van der Waals surface area contributed by atoms with Gasteiger partial charge in [0, 0.05) is 25.1 Å².